The Morgan fingerprint density at radius 2 is 2.20 bits per heavy atom. The molecule has 0 saturated carbocycles. The van der Waals surface area contributed by atoms with Crippen molar-refractivity contribution in [2.75, 3.05) is 29.9 Å². The van der Waals surface area contributed by atoms with E-state index in [9.17, 15) is 14.0 Å². The summed E-state index contributed by atoms with van der Waals surface area (Å²) in [6.45, 7) is 2.91. The number of hydrogen-bond donors (Lipinski definition) is 1. The zero-order valence-corrected chi connectivity index (χ0v) is 14.7. The number of rotatable bonds is 5. The van der Waals surface area contributed by atoms with Gasteiger partial charge in [-0.25, -0.2) is 9.18 Å². The van der Waals surface area contributed by atoms with E-state index in [0.29, 0.717) is 10.6 Å². The third kappa shape index (κ3) is 3.99. The van der Waals surface area contributed by atoms with Gasteiger partial charge in [0, 0.05) is 12.2 Å². The molecule has 0 atom stereocenters. The first-order valence-corrected chi connectivity index (χ1v) is 9.04. The van der Waals surface area contributed by atoms with Crippen LogP contribution in [-0.4, -0.2) is 31.6 Å². The fraction of sp³-hybridized carbons (Fsp3) is 0.333. The predicted octanol–water partition coefficient (Wildman–Crippen LogP) is 3.46. The lowest BCUT2D eigenvalue weighted by atomic mass is 10.0. The largest absolute Gasteiger partial charge is 0.462 e. The first-order valence-electron chi connectivity index (χ1n) is 8.16. The molecule has 0 bridgehead atoms. The van der Waals surface area contributed by atoms with E-state index in [1.165, 1.54) is 23.5 Å². The van der Waals surface area contributed by atoms with E-state index in [2.05, 4.69) is 5.32 Å². The number of nitrogens with one attached hydrogen (secondary N) is 1. The summed E-state index contributed by atoms with van der Waals surface area (Å²) < 4.78 is 18.4. The molecule has 1 aromatic heterocycles. The first-order chi connectivity index (χ1) is 12.1. The summed E-state index contributed by atoms with van der Waals surface area (Å²) in [5.74, 6) is -0.925. The van der Waals surface area contributed by atoms with Gasteiger partial charge in [0.15, 0.2) is 0 Å². The van der Waals surface area contributed by atoms with Gasteiger partial charge in [-0.2, -0.15) is 0 Å². The molecule has 1 amide bonds. The second kappa shape index (κ2) is 7.65. The van der Waals surface area contributed by atoms with Gasteiger partial charge < -0.3 is 15.0 Å². The number of ether oxygens (including phenoxy) is 1. The Morgan fingerprint density at radius 1 is 1.36 bits per heavy atom. The highest BCUT2D eigenvalue weighted by atomic mass is 32.1. The average molecular weight is 362 g/mol. The second-order valence-electron chi connectivity index (χ2n) is 5.73. The lowest BCUT2D eigenvalue weighted by Crippen LogP contribution is -2.36. The molecule has 2 heterocycles. The maximum Gasteiger partial charge on any atom is 0.341 e. The first kappa shape index (κ1) is 17.4. The number of anilines is 2. The van der Waals surface area contributed by atoms with E-state index in [4.69, 9.17) is 4.74 Å². The maximum absolute atomic E-state index is 13.4. The molecule has 1 aliphatic heterocycles. The Balaban J connectivity index is 1.69. The topological polar surface area (TPSA) is 58.6 Å². The molecule has 0 fully saturated rings. The van der Waals surface area contributed by atoms with Crippen LogP contribution in [0.4, 0.5) is 15.1 Å². The van der Waals surface area contributed by atoms with Gasteiger partial charge in [0.25, 0.3) is 0 Å². The number of carbonyl (C=O) groups excluding carboxylic acids is 2. The minimum atomic E-state index is -0.446. The third-order valence-electron chi connectivity index (χ3n) is 4.00. The van der Waals surface area contributed by atoms with Crippen LogP contribution in [0, 0.1) is 5.82 Å². The highest BCUT2D eigenvalue weighted by Crippen LogP contribution is 2.28. The van der Waals surface area contributed by atoms with E-state index in [-0.39, 0.29) is 24.9 Å². The van der Waals surface area contributed by atoms with Crippen LogP contribution in [0.25, 0.3) is 0 Å². The van der Waals surface area contributed by atoms with Gasteiger partial charge in [-0.1, -0.05) is 0 Å². The molecule has 1 aromatic carbocycles. The van der Waals surface area contributed by atoms with Crippen LogP contribution in [0.2, 0.25) is 0 Å². The van der Waals surface area contributed by atoms with Crippen LogP contribution in [-0.2, 0) is 16.0 Å². The Labute approximate surface area is 149 Å². The molecular weight excluding hydrogens is 343 g/mol. The van der Waals surface area contributed by atoms with Gasteiger partial charge in [0.05, 0.1) is 18.7 Å². The zero-order chi connectivity index (χ0) is 17.8. The number of nitrogens with zero attached hydrogens (tertiary/aromatic N) is 1. The summed E-state index contributed by atoms with van der Waals surface area (Å²) in [7, 11) is 0. The van der Waals surface area contributed by atoms with Crippen LogP contribution in [0.3, 0.4) is 0 Å². The molecule has 25 heavy (non-hydrogen) atoms. The third-order valence-corrected chi connectivity index (χ3v) is 4.83. The molecule has 3 rings (SSSR count). The number of esters is 1. The molecule has 1 N–H and O–H groups in total. The molecule has 7 heteroatoms. The van der Waals surface area contributed by atoms with Gasteiger partial charge in [0.1, 0.15) is 10.8 Å². The number of benzene rings is 1. The van der Waals surface area contributed by atoms with Gasteiger partial charge in [-0.3, -0.25) is 4.79 Å². The van der Waals surface area contributed by atoms with Crippen molar-refractivity contribution in [3.05, 3.63) is 46.6 Å². The van der Waals surface area contributed by atoms with Crippen molar-refractivity contribution < 1.29 is 18.7 Å². The zero-order valence-electron chi connectivity index (χ0n) is 13.9. The van der Waals surface area contributed by atoms with Crippen molar-refractivity contribution in [2.24, 2.45) is 0 Å². The second-order valence-corrected chi connectivity index (χ2v) is 6.65. The Morgan fingerprint density at radius 3 is 3.00 bits per heavy atom. The molecule has 0 saturated heterocycles. The monoisotopic (exact) mass is 362 g/mol. The summed E-state index contributed by atoms with van der Waals surface area (Å²) in [5, 5.41) is 5.01. The van der Waals surface area contributed by atoms with E-state index in [0.717, 1.165) is 30.6 Å². The molecule has 0 unspecified atom stereocenters. The number of fused-ring (bicyclic) bond motifs is 1. The molecule has 0 aliphatic carbocycles. The summed E-state index contributed by atoms with van der Waals surface area (Å²) >= 11 is 1.28. The number of halogens is 1. The van der Waals surface area contributed by atoms with Gasteiger partial charge in [0.2, 0.25) is 5.91 Å². The number of hydrogen-bond acceptors (Lipinski definition) is 5. The van der Waals surface area contributed by atoms with Crippen LogP contribution in [0.1, 0.15) is 29.3 Å². The smallest absolute Gasteiger partial charge is 0.341 e. The molecule has 0 radical (unpaired) electrons. The minimum Gasteiger partial charge on any atom is -0.462 e. The van der Waals surface area contributed by atoms with Crippen LogP contribution in [0.5, 0.6) is 0 Å². The summed E-state index contributed by atoms with van der Waals surface area (Å²) in [5.41, 5.74) is 2.17. The van der Waals surface area contributed by atoms with Crippen molar-refractivity contribution in [3.63, 3.8) is 0 Å². The van der Waals surface area contributed by atoms with Crippen molar-refractivity contribution in [1.82, 2.24) is 0 Å². The number of carbonyl (C=O) groups is 2. The highest BCUT2D eigenvalue weighted by molar-refractivity contribution is 7.14. The maximum atomic E-state index is 13.4. The van der Waals surface area contributed by atoms with Gasteiger partial charge in [-0.15, -0.1) is 11.3 Å². The molecule has 0 spiro atoms. The van der Waals surface area contributed by atoms with Crippen molar-refractivity contribution in [1.29, 1.82) is 0 Å². The van der Waals surface area contributed by atoms with Gasteiger partial charge >= 0.3 is 5.97 Å². The van der Waals surface area contributed by atoms with Crippen molar-refractivity contribution in [2.45, 2.75) is 19.8 Å². The molecular formula is C18H19FN2O3S. The fourth-order valence-corrected chi connectivity index (χ4v) is 3.71. The lowest BCUT2D eigenvalue weighted by molar-refractivity contribution is -0.115. The van der Waals surface area contributed by atoms with Gasteiger partial charge in [-0.05, 0) is 55.0 Å². The summed E-state index contributed by atoms with van der Waals surface area (Å²) in [6.07, 6.45) is 1.68. The van der Waals surface area contributed by atoms with E-state index in [1.54, 1.807) is 24.4 Å². The van der Waals surface area contributed by atoms with Crippen molar-refractivity contribution in [3.8, 4) is 0 Å². The number of amides is 1. The normalized spacial score (nSPS) is 13.3. The Bertz CT molecular complexity index is 790. The minimum absolute atomic E-state index is 0.152. The number of thiophene rings is 1. The van der Waals surface area contributed by atoms with E-state index in [1.807, 2.05) is 4.90 Å². The Kier molecular flexibility index (Phi) is 5.33. The van der Waals surface area contributed by atoms with Crippen molar-refractivity contribution >= 4 is 33.9 Å². The van der Waals surface area contributed by atoms with Crippen LogP contribution >= 0.6 is 11.3 Å². The standard InChI is InChI=1S/C18H19FN2O3S/c1-2-24-18(23)14-7-9-25-17(14)20-16(22)11-21-8-3-4-12-10-13(19)5-6-15(12)21/h5-7,9-10H,2-4,8,11H2,1H3,(H,20,22). The summed E-state index contributed by atoms with van der Waals surface area (Å²) in [4.78, 5) is 26.2. The van der Waals surface area contributed by atoms with E-state index < -0.39 is 5.97 Å². The van der Waals surface area contributed by atoms with Crippen LogP contribution in [0.15, 0.2) is 29.6 Å². The molecule has 2 aromatic rings. The number of aryl methyl sites for hydroxylation is 1. The Hall–Kier alpha value is -2.41. The fourth-order valence-electron chi connectivity index (χ4n) is 2.92. The molecule has 132 valence electrons. The quantitative estimate of drug-likeness (QED) is 0.828. The van der Waals surface area contributed by atoms with E-state index >= 15 is 0 Å². The average Bonchev–Trinajstić information content (AvgIpc) is 3.03. The van der Waals surface area contributed by atoms with Crippen LogP contribution < -0.4 is 10.2 Å². The SMILES string of the molecule is CCOC(=O)c1ccsc1NC(=O)CN1CCCc2cc(F)ccc21. The highest BCUT2D eigenvalue weighted by Gasteiger charge is 2.21. The molecule has 5 nitrogen and oxygen atoms in total. The lowest BCUT2D eigenvalue weighted by Gasteiger charge is -2.30. The summed E-state index contributed by atoms with van der Waals surface area (Å²) in [6, 6.07) is 6.29. The predicted molar refractivity (Wildman–Crippen MR) is 95.8 cm³/mol. The molecule has 1 aliphatic rings.